The summed E-state index contributed by atoms with van der Waals surface area (Å²) in [5.41, 5.74) is 1.48. The van der Waals surface area contributed by atoms with E-state index in [1.807, 2.05) is 0 Å². The highest BCUT2D eigenvalue weighted by Gasteiger charge is 2.26. The van der Waals surface area contributed by atoms with E-state index < -0.39 is 18.5 Å². The van der Waals surface area contributed by atoms with Crippen LogP contribution in [0.25, 0.3) is 0 Å². The molecule has 0 fully saturated rings. The number of amides is 2. The van der Waals surface area contributed by atoms with Crippen LogP contribution in [0.15, 0.2) is 0 Å². The largest absolute Gasteiger partial charge is 0.456 e. The summed E-state index contributed by atoms with van der Waals surface area (Å²) in [4.78, 5) is 48.4. The number of esters is 1. The van der Waals surface area contributed by atoms with Crippen LogP contribution in [0.5, 0.6) is 0 Å². The van der Waals surface area contributed by atoms with Crippen molar-refractivity contribution in [2.24, 2.45) is 0 Å². The van der Waals surface area contributed by atoms with Gasteiger partial charge in [-0.3, -0.25) is 14.4 Å². The molecule has 28 heavy (non-hydrogen) atoms. The summed E-state index contributed by atoms with van der Waals surface area (Å²) in [7, 11) is 1.56. The van der Waals surface area contributed by atoms with E-state index in [0.29, 0.717) is 23.7 Å². The Labute approximate surface area is 168 Å². The molecule has 1 aliphatic carbocycles. The molecule has 9 heteroatoms. The van der Waals surface area contributed by atoms with Crippen molar-refractivity contribution < 1.29 is 28.7 Å². The quantitative estimate of drug-likeness (QED) is 0.450. The standard InChI is InChI=1S/C19H26N2O6S/c1-12(22)7-8-16(24)27-11-15(23)21-19-17(18(25)20-9-10-26-2)13-5-3-4-6-14(13)28-19/h3-11H2,1-2H3,(H,20,25)(H,21,23). The van der Waals surface area contributed by atoms with E-state index in [1.165, 1.54) is 18.3 Å². The van der Waals surface area contributed by atoms with Crippen molar-refractivity contribution >= 4 is 39.9 Å². The molecule has 154 valence electrons. The summed E-state index contributed by atoms with van der Waals surface area (Å²) in [6.07, 6.45) is 3.78. The van der Waals surface area contributed by atoms with Crippen molar-refractivity contribution in [1.82, 2.24) is 5.32 Å². The number of Topliss-reactive ketones (excluding diaryl/α,β-unsaturated/α-hetero) is 1. The zero-order valence-electron chi connectivity index (χ0n) is 16.2. The summed E-state index contributed by atoms with van der Waals surface area (Å²) in [6.45, 7) is 1.71. The van der Waals surface area contributed by atoms with Crippen LogP contribution < -0.4 is 10.6 Å². The number of rotatable bonds is 10. The number of carbonyl (C=O) groups is 4. The first-order valence-corrected chi connectivity index (χ1v) is 10.1. The van der Waals surface area contributed by atoms with Crippen LogP contribution in [-0.2, 0) is 36.7 Å². The number of ether oxygens (including phenoxy) is 2. The molecule has 1 aliphatic rings. The SMILES string of the molecule is COCCNC(=O)c1c(NC(=O)COC(=O)CCC(C)=O)sc2c1CCCC2. The van der Waals surface area contributed by atoms with E-state index in [-0.39, 0.29) is 24.5 Å². The van der Waals surface area contributed by atoms with Gasteiger partial charge in [0, 0.05) is 25.0 Å². The average Bonchev–Trinajstić information content (AvgIpc) is 3.02. The lowest BCUT2D eigenvalue weighted by molar-refractivity contribution is -0.148. The Morgan fingerprint density at radius 2 is 1.86 bits per heavy atom. The number of methoxy groups -OCH3 is 1. The second-order valence-electron chi connectivity index (χ2n) is 6.57. The lowest BCUT2D eigenvalue weighted by Crippen LogP contribution is -2.29. The number of ketones is 1. The molecule has 0 saturated heterocycles. The summed E-state index contributed by atoms with van der Waals surface area (Å²) >= 11 is 1.40. The number of aryl methyl sites for hydroxylation is 1. The molecule has 1 aromatic heterocycles. The summed E-state index contributed by atoms with van der Waals surface area (Å²) in [6, 6.07) is 0. The first kappa shape index (κ1) is 22.0. The molecular weight excluding hydrogens is 384 g/mol. The highest BCUT2D eigenvalue weighted by atomic mass is 32.1. The topological polar surface area (TPSA) is 111 Å². The van der Waals surface area contributed by atoms with Crippen molar-refractivity contribution in [2.75, 3.05) is 32.2 Å². The molecular formula is C19H26N2O6S. The fraction of sp³-hybridized carbons (Fsp3) is 0.579. The number of nitrogens with one attached hydrogen (secondary N) is 2. The van der Waals surface area contributed by atoms with Gasteiger partial charge < -0.3 is 24.9 Å². The van der Waals surface area contributed by atoms with Crippen LogP contribution in [0.4, 0.5) is 5.00 Å². The third-order valence-corrected chi connectivity index (χ3v) is 5.50. The van der Waals surface area contributed by atoms with Crippen LogP contribution in [0.3, 0.4) is 0 Å². The molecule has 0 radical (unpaired) electrons. The van der Waals surface area contributed by atoms with Crippen molar-refractivity contribution in [2.45, 2.75) is 45.4 Å². The Bertz CT molecular complexity index is 743. The van der Waals surface area contributed by atoms with E-state index in [4.69, 9.17) is 9.47 Å². The predicted molar refractivity (Wildman–Crippen MR) is 105 cm³/mol. The van der Waals surface area contributed by atoms with Gasteiger partial charge in [-0.1, -0.05) is 0 Å². The first-order chi connectivity index (χ1) is 13.4. The van der Waals surface area contributed by atoms with E-state index >= 15 is 0 Å². The maximum Gasteiger partial charge on any atom is 0.306 e. The number of fused-ring (bicyclic) bond motifs is 1. The molecule has 2 rings (SSSR count). The third kappa shape index (κ3) is 6.42. The van der Waals surface area contributed by atoms with Gasteiger partial charge in [-0.15, -0.1) is 11.3 Å². The highest BCUT2D eigenvalue weighted by Crippen LogP contribution is 2.38. The Morgan fingerprint density at radius 1 is 1.11 bits per heavy atom. The number of hydrogen-bond acceptors (Lipinski definition) is 7. The minimum Gasteiger partial charge on any atom is -0.456 e. The molecule has 0 atom stereocenters. The molecule has 0 unspecified atom stereocenters. The van der Waals surface area contributed by atoms with Gasteiger partial charge in [-0.2, -0.15) is 0 Å². The maximum absolute atomic E-state index is 12.6. The predicted octanol–water partition coefficient (Wildman–Crippen LogP) is 1.85. The summed E-state index contributed by atoms with van der Waals surface area (Å²) in [5, 5.41) is 5.98. The van der Waals surface area contributed by atoms with Gasteiger partial charge in [-0.25, -0.2) is 0 Å². The minimum absolute atomic E-state index is 0.0525. The summed E-state index contributed by atoms with van der Waals surface area (Å²) < 4.78 is 9.85. The van der Waals surface area contributed by atoms with Crippen LogP contribution in [0.2, 0.25) is 0 Å². The Balaban J connectivity index is 2.02. The van der Waals surface area contributed by atoms with E-state index in [1.54, 1.807) is 7.11 Å². The van der Waals surface area contributed by atoms with Crippen LogP contribution >= 0.6 is 11.3 Å². The van der Waals surface area contributed by atoms with Gasteiger partial charge >= 0.3 is 5.97 Å². The second-order valence-corrected chi connectivity index (χ2v) is 7.68. The van der Waals surface area contributed by atoms with E-state index in [2.05, 4.69) is 10.6 Å². The molecule has 0 spiro atoms. The van der Waals surface area contributed by atoms with Gasteiger partial charge in [0.15, 0.2) is 6.61 Å². The molecule has 0 saturated carbocycles. The monoisotopic (exact) mass is 410 g/mol. The van der Waals surface area contributed by atoms with Crippen molar-refractivity contribution in [3.63, 3.8) is 0 Å². The lowest BCUT2D eigenvalue weighted by Gasteiger charge is -2.13. The molecule has 2 N–H and O–H groups in total. The Morgan fingerprint density at radius 3 is 2.57 bits per heavy atom. The molecule has 0 bridgehead atoms. The second kappa shape index (κ2) is 10.9. The molecule has 0 aliphatic heterocycles. The number of hydrogen-bond donors (Lipinski definition) is 2. The first-order valence-electron chi connectivity index (χ1n) is 9.29. The summed E-state index contributed by atoms with van der Waals surface area (Å²) in [5.74, 6) is -1.48. The zero-order valence-corrected chi connectivity index (χ0v) is 17.0. The lowest BCUT2D eigenvalue weighted by atomic mass is 9.95. The van der Waals surface area contributed by atoms with Crippen LogP contribution in [0, 0.1) is 0 Å². The minimum atomic E-state index is -0.603. The average molecular weight is 410 g/mol. The van der Waals surface area contributed by atoms with Gasteiger partial charge in [0.1, 0.15) is 10.8 Å². The molecule has 8 nitrogen and oxygen atoms in total. The number of carbonyl (C=O) groups excluding carboxylic acids is 4. The molecule has 1 aromatic rings. The smallest absolute Gasteiger partial charge is 0.306 e. The van der Waals surface area contributed by atoms with Crippen LogP contribution in [-0.4, -0.2) is 50.4 Å². The maximum atomic E-state index is 12.6. The molecule has 0 aromatic carbocycles. The highest BCUT2D eigenvalue weighted by molar-refractivity contribution is 7.17. The third-order valence-electron chi connectivity index (χ3n) is 4.29. The molecule has 2 amide bonds. The Kier molecular flexibility index (Phi) is 8.59. The normalized spacial score (nSPS) is 12.8. The number of anilines is 1. The molecule has 1 heterocycles. The van der Waals surface area contributed by atoms with Gasteiger partial charge in [0.25, 0.3) is 11.8 Å². The fourth-order valence-electron chi connectivity index (χ4n) is 2.91. The zero-order chi connectivity index (χ0) is 20.5. The van der Waals surface area contributed by atoms with Gasteiger partial charge in [0.05, 0.1) is 18.6 Å². The van der Waals surface area contributed by atoms with Crippen molar-refractivity contribution in [3.8, 4) is 0 Å². The van der Waals surface area contributed by atoms with Gasteiger partial charge in [0.2, 0.25) is 0 Å². The van der Waals surface area contributed by atoms with Crippen molar-refractivity contribution in [1.29, 1.82) is 0 Å². The fourth-order valence-corrected chi connectivity index (χ4v) is 4.21. The number of thiophene rings is 1. The van der Waals surface area contributed by atoms with Crippen LogP contribution in [0.1, 0.15) is 53.4 Å². The van der Waals surface area contributed by atoms with Gasteiger partial charge in [-0.05, 0) is 38.2 Å². The van der Waals surface area contributed by atoms with E-state index in [0.717, 1.165) is 36.1 Å². The van der Waals surface area contributed by atoms with E-state index in [9.17, 15) is 19.2 Å². The van der Waals surface area contributed by atoms with Crippen molar-refractivity contribution in [3.05, 3.63) is 16.0 Å². The Hall–Kier alpha value is -2.26.